The van der Waals surface area contributed by atoms with Crippen molar-refractivity contribution >= 4 is 38.6 Å². The van der Waals surface area contributed by atoms with Gasteiger partial charge >= 0.3 is 5.97 Å². The van der Waals surface area contributed by atoms with Crippen molar-refractivity contribution in [3.05, 3.63) is 22.7 Å². The van der Waals surface area contributed by atoms with Crippen molar-refractivity contribution < 1.29 is 23.4 Å². The summed E-state index contributed by atoms with van der Waals surface area (Å²) in [4.78, 5) is 19.7. The number of nitrogens with zero attached hydrogens (tertiary/aromatic N) is 2. The normalized spacial score (nSPS) is 16.0. The molecule has 1 aromatic carbocycles. The number of benzene rings is 1. The highest BCUT2D eigenvalue weighted by atomic mass is 79.9. The van der Waals surface area contributed by atoms with Crippen LogP contribution in [0.2, 0.25) is 0 Å². The predicted molar refractivity (Wildman–Crippen MR) is 82.3 cm³/mol. The van der Waals surface area contributed by atoms with Gasteiger partial charge in [-0.15, -0.1) is 0 Å². The van der Waals surface area contributed by atoms with E-state index in [1.165, 1.54) is 19.5 Å². The van der Waals surface area contributed by atoms with Gasteiger partial charge in [-0.25, -0.2) is 19.2 Å². The molecule has 122 valence electrons. The summed E-state index contributed by atoms with van der Waals surface area (Å²) < 4.78 is 30.6. The summed E-state index contributed by atoms with van der Waals surface area (Å²) in [7, 11) is 1.25. The van der Waals surface area contributed by atoms with Gasteiger partial charge in [-0.3, -0.25) is 0 Å². The third-order valence-electron chi connectivity index (χ3n) is 3.58. The zero-order valence-corrected chi connectivity index (χ0v) is 13.7. The molecule has 9 heteroatoms. The Balaban J connectivity index is 2.03. The number of aromatic nitrogens is 2. The topological polar surface area (TPSA) is 96.6 Å². The SMILES string of the molecule is COC(=O)C(Oc1cc(Br)c2ncnc(N)c2c1F)C1COC1. The van der Waals surface area contributed by atoms with E-state index < -0.39 is 17.9 Å². The number of ether oxygens (including phenoxy) is 3. The van der Waals surface area contributed by atoms with Crippen molar-refractivity contribution in [1.29, 1.82) is 0 Å². The number of carbonyl (C=O) groups is 1. The van der Waals surface area contributed by atoms with Crippen molar-refractivity contribution in [2.45, 2.75) is 6.10 Å². The highest BCUT2D eigenvalue weighted by molar-refractivity contribution is 9.10. The summed E-state index contributed by atoms with van der Waals surface area (Å²) in [6.45, 7) is 0.697. The Kier molecular flexibility index (Phi) is 4.31. The van der Waals surface area contributed by atoms with Crippen LogP contribution in [0.4, 0.5) is 10.2 Å². The Morgan fingerprint density at radius 2 is 2.26 bits per heavy atom. The number of carbonyl (C=O) groups excluding carboxylic acids is 1. The van der Waals surface area contributed by atoms with Crippen LogP contribution in [0.15, 0.2) is 16.9 Å². The van der Waals surface area contributed by atoms with Gasteiger partial charge in [0.2, 0.25) is 6.10 Å². The van der Waals surface area contributed by atoms with Gasteiger partial charge in [0, 0.05) is 4.47 Å². The fourth-order valence-electron chi connectivity index (χ4n) is 2.27. The Morgan fingerprint density at radius 3 is 2.87 bits per heavy atom. The zero-order valence-electron chi connectivity index (χ0n) is 12.1. The summed E-state index contributed by atoms with van der Waals surface area (Å²) in [5.41, 5.74) is 6.05. The summed E-state index contributed by atoms with van der Waals surface area (Å²) in [5.74, 6) is -1.66. The summed E-state index contributed by atoms with van der Waals surface area (Å²) in [6.07, 6.45) is 0.282. The smallest absolute Gasteiger partial charge is 0.347 e. The van der Waals surface area contributed by atoms with Gasteiger partial charge in [0.15, 0.2) is 11.6 Å². The predicted octanol–water partition coefficient (Wildman–Crippen LogP) is 1.68. The van der Waals surface area contributed by atoms with Gasteiger partial charge in [0.05, 0.1) is 37.1 Å². The number of halogens is 2. The molecule has 1 atom stereocenters. The molecule has 0 spiro atoms. The minimum absolute atomic E-state index is 0.0137. The van der Waals surface area contributed by atoms with Crippen molar-refractivity contribution in [3.8, 4) is 5.75 Å². The second-order valence-electron chi connectivity index (χ2n) is 5.01. The van der Waals surface area contributed by atoms with Gasteiger partial charge in [0.1, 0.15) is 12.1 Å². The monoisotopic (exact) mass is 385 g/mol. The lowest BCUT2D eigenvalue weighted by Gasteiger charge is -2.32. The standard InChI is InChI=1S/C14H13BrFN3O4/c1-21-14(20)12(6-3-22-4-6)23-8-2-7(15)11-9(10(8)16)13(17)19-5-18-11/h2,5-6,12H,3-4H2,1H3,(H2,17,18,19). The first-order chi connectivity index (χ1) is 11.0. The highest BCUT2D eigenvalue weighted by Crippen LogP contribution is 2.35. The number of methoxy groups -OCH3 is 1. The van der Waals surface area contributed by atoms with E-state index in [2.05, 4.69) is 25.9 Å². The fraction of sp³-hybridized carbons (Fsp3) is 0.357. The Bertz CT molecular complexity index is 769. The molecule has 1 fully saturated rings. The maximum absolute atomic E-state index is 14.7. The van der Waals surface area contributed by atoms with Gasteiger partial charge in [0.25, 0.3) is 0 Å². The lowest BCUT2D eigenvalue weighted by Crippen LogP contribution is -2.46. The molecule has 2 aromatic rings. The number of esters is 1. The Morgan fingerprint density at radius 1 is 1.52 bits per heavy atom. The van der Waals surface area contributed by atoms with Crippen LogP contribution in [0.25, 0.3) is 10.9 Å². The van der Waals surface area contributed by atoms with Crippen LogP contribution >= 0.6 is 15.9 Å². The number of hydrogen-bond acceptors (Lipinski definition) is 7. The van der Waals surface area contributed by atoms with E-state index in [9.17, 15) is 9.18 Å². The molecule has 1 aliphatic rings. The lowest BCUT2D eigenvalue weighted by molar-refractivity contribution is -0.162. The first-order valence-electron chi connectivity index (χ1n) is 6.73. The van der Waals surface area contributed by atoms with E-state index in [1.54, 1.807) is 0 Å². The van der Waals surface area contributed by atoms with Gasteiger partial charge in [-0.05, 0) is 22.0 Å². The first kappa shape index (κ1) is 15.9. The van der Waals surface area contributed by atoms with Crippen LogP contribution in [-0.4, -0.2) is 42.4 Å². The maximum atomic E-state index is 14.7. The number of fused-ring (bicyclic) bond motifs is 1. The summed E-state index contributed by atoms with van der Waals surface area (Å²) in [5, 5.41) is 0.0327. The van der Waals surface area contributed by atoms with E-state index >= 15 is 0 Å². The largest absolute Gasteiger partial charge is 0.475 e. The van der Waals surface area contributed by atoms with Gasteiger partial charge in [-0.1, -0.05) is 0 Å². The number of rotatable bonds is 4. The molecule has 1 saturated heterocycles. The van der Waals surface area contributed by atoms with E-state index in [4.69, 9.17) is 19.9 Å². The molecule has 0 bridgehead atoms. The average molecular weight is 386 g/mol. The number of hydrogen-bond donors (Lipinski definition) is 1. The summed E-state index contributed by atoms with van der Waals surface area (Å²) >= 11 is 3.29. The second kappa shape index (κ2) is 6.25. The number of nitrogen functional groups attached to an aromatic ring is 1. The lowest BCUT2D eigenvalue weighted by atomic mass is 10.0. The quantitative estimate of drug-likeness (QED) is 0.799. The second-order valence-corrected chi connectivity index (χ2v) is 5.87. The van der Waals surface area contributed by atoms with Gasteiger partial charge in [-0.2, -0.15) is 0 Å². The van der Waals surface area contributed by atoms with Crippen molar-refractivity contribution in [1.82, 2.24) is 9.97 Å². The zero-order chi connectivity index (χ0) is 16.6. The molecule has 2 heterocycles. The Hall–Kier alpha value is -2.00. The third kappa shape index (κ3) is 2.81. The van der Waals surface area contributed by atoms with Crippen molar-refractivity contribution in [2.24, 2.45) is 5.92 Å². The number of nitrogens with two attached hydrogens (primary N) is 1. The van der Waals surface area contributed by atoms with Crippen molar-refractivity contribution in [2.75, 3.05) is 26.1 Å². The third-order valence-corrected chi connectivity index (χ3v) is 4.18. The molecule has 2 N–H and O–H groups in total. The fourth-order valence-corrected chi connectivity index (χ4v) is 2.78. The maximum Gasteiger partial charge on any atom is 0.347 e. The molecule has 0 radical (unpaired) electrons. The van der Waals surface area contributed by atoms with Crippen LogP contribution in [0.5, 0.6) is 5.75 Å². The van der Waals surface area contributed by atoms with Gasteiger partial charge < -0.3 is 19.9 Å². The van der Waals surface area contributed by atoms with Crippen LogP contribution in [0, 0.1) is 11.7 Å². The Labute approximate surface area is 139 Å². The van der Waals surface area contributed by atoms with E-state index in [1.807, 2.05) is 0 Å². The van der Waals surface area contributed by atoms with Crippen LogP contribution in [-0.2, 0) is 14.3 Å². The molecule has 0 aliphatic carbocycles. The van der Waals surface area contributed by atoms with E-state index in [0.29, 0.717) is 23.2 Å². The molecular formula is C14H13BrFN3O4. The summed E-state index contributed by atoms with van der Waals surface area (Å²) in [6, 6.07) is 1.40. The van der Waals surface area contributed by atoms with Crippen LogP contribution in [0.1, 0.15) is 0 Å². The van der Waals surface area contributed by atoms with Crippen LogP contribution in [0.3, 0.4) is 0 Å². The molecule has 0 saturated carbocycles. The average Bonchev–Trinajstić information content (AvgIpc) is 2.48. The minimum Gasteiger partial charge on any atom is -0.475 e. The van der Waals surface area contributed by atoms with Crippen molar-refractivity contribution in [3.63, 3.8) is 0 Å². The molecule has 1 aromatic heterocycles. The van der Waals surface area contributed by atoms with E-state index in [-0.39, 0.29) is 22.9 Å². The molecule has 23 heavy (non-hydrogen) atoms. The minimum atomic E-state index is -0.960. The molecule has 7 nitrogen and oxygen atoms in total. The molecular weight excluding hydrogens is 373 g/mol. The molecule has 1 aliphatic heterocycles. The highest BCUT2D eigenvalue weighted by Gasteiger charge is 2.37. The first-order valence-corrected chi connectivity index (χ1v) is 7.52. The molecule has 3 rings (SSSR count). The number of anilines is 1. The molecule has 1 unspecified atom stereocenters. The molecule has 0 amide bonds. The van der Waals surface area contributed by atoms with Crippen LogP contribution < -0.4 is 10.5 Å². The van der Waals surface area contributed by atoms with E-state index in [0.717, 1.165) is 0 Å².